The highest BCUT2D eigenvalue weighted by atomic mass is 19.4. The highest BCUT2D eigenvalue weighted by Gasteiger charge is 2.68. The number of rotatable bonds is 2. The van der Waals surface area contributed by atoms with E-state index in [1.165, 1.54) is 29.6 Å². The first-order valence-electron chi connectivity index (χ1n) is 6.15. The summed E-state index contributed by atoms with van der Waals surface area (Å²) in [5.74, 6) is -2.72. The van der Waals surface area contributed by atoms with Crippen molar-refractivity contribution in [3.05, 3.63) is 35.4 Å². The lowest BCUT2D eigenvalue weighted by atomic mass is 10.1. The van der Waals surface area contributed by atoms with Crippen molar-refractivity contribution in [1.82, 2.24) is 15.5 Å². The van der Waals surface area contributed by atoms with Gasteiger partial charge in [0.05, 0.1) is 0 Å². The number of likely N-dealkylation sites (N-methyl/N-ethyl adjacent to an activating group) is 1. The number of amides is 4. The number of halogens is 3. The maximum absolute atomic E-state index is 13.3. The minimum absolute atomic E-state index is 0.0640. The van der Waals surface area contributed by atoms with E-state index in [1.54, 1.807) is 12.2 Å². The molecule has 6 nitrogen and oxygen atoms in total. The van der Waals surface area contributed by atoms with Gasteiger partial charge >= 0.3 is 12.2 Å². The molecular weight excluding hydrogens is 303 g/mol. The average Bonchev–Trinajstić information content (AvgIpc) is 2.64. The lowest BCUT2D eigenvalue weighted by molar-refractivity contribution is -0.199. The number of benzene rings is 1. The zero-order chi connectivity index (χ0) is 16.7. The fourth-order valence-corrected chi connectivity index (χ4v) is 1.94. The van der Waals surface area contributed by atoms with E-state index in [0.717, 1.165) is 12.6 Å². The summed E-state index contributed by atoms with van der Waals surface area (Å²) in [6.07, 6.45) is -5.19. The number of carbonyl (C=O) groups is 3. The second-order valence-corrected chi connectivity index (χ2v) is 4.86. The van der Waals surface area contributed by atoms with Crippen molar-refractivity contribution in [3.8, 4) is 0 Å². The van der Waals surface area contributed by atoms with Crippen LogP contribution in [0.25, 0.3) is 0 Å². The van der Waals surface area contributed by atoms with Crippen molar-refractivity contribution in [1.29, 1.82) is 0 Å². The fraction of sp³-hybridized carbons (Fsp3) is 0.308. The lowest BCUT2D eigenvalue weighted by Crippen LogP contribution is -2.69. The lowest BCUT2D eigenvalue weighted by Gasteiger charge is -2.29. The Morgan fingerprint density at radius 1 is 1.23 bits per heavy atom. The highest BCUT2D eigenvalue weighted by molar-refractivity contribution is 6.10. The quantitative estimate of drug-likeness (QED) is 0.804. The molecule has 0 aliphatic carbocycles. The van der Waals surface area contributed by atoms with Crippen LogP contribution in [0.4, 0.5) is 18.0 Å². The Hall–Kier alpha value is -2.58. The van der Waals surface area contributed by atoms with Crippen LogP contribution >= 0.6 is 0 Å². The van der Waals surface area contributed by atoms with Crippen LogP contribution < -0.4 is 10.6 Å². The monoisotopic (exact) mass is 315 g/mol. The molecule has 0 spiro atoms. The number of alkyl halides is 3. The van der Waals surface area contributed by atoms with Crippen molar-refractivity contribution in [2.75, 3.05) is 7.05 Å². The van der Waals surface area contributed by atoms with Gasteiger partial charge in [0.15, 0.2) is 0 Å². The van der Waals surface area contributed by atoms with E-state index in [4.69, 9.17) is 0 Å². The fourth-order valence-electron chi connectivity index (χ4n) is 1.94. The molecule has 1 heterocycles. The maximum Gasteiger partial charge on any atom is 0.440 e. The summed E-state index contributed by atoms with van der Waals surface area (Å²) in [6.45, 7) is 1.74. The summed E-state index contributed by atoms with van der Waals surface area (Å²) in [4.78, 5) is 35.4. The van der Waals surface area contributed by atoms with Crippen molar-refractivity contribution in [2.24, 2.45) is 0 Å². The van der Waals surface area contributed by atoms with Gasteiger partial charge in [-0.05, 0) is 19.1 Å². The van der Waals surface area contributed by atoms with Gasteiger partial charge in [0.2, 0.25) is 0 Å². The van der Waals surface area contributed by atoms with Crippen molar-refractivity contribution in [2.45, 2.75) is 18.8 Å². The third-order valence-corrected chi connectivity index (χ3v) is 3.26. The predicted molar refractivity (Wildman–Crippen MR) is 68.7 cm³/mol. The van der Waals surface area contributed by atoms with Crippen LogP contribution in [0.3, 0.4) is 0 Å². The first-order valence-corrected chi connectivity index (χ1v) is 6.15. The van der Waals surface area contributed by atoms with E-state index in [1.807, 2.05) is 0 Å². The molecule has 9 heteroatoms. The molecule has 0 bridgehead atoms. The molecule has 1 atom stereocenters. The topological polar surface area (TPSA) is 78.5 Å². The summed E-state index contributed by atoms with van der Waals surface area (Å²) >= 11 is 0. The molecule has 0 unspecified atom stereocenters. The Balaban J connectivity index is 2.37. The van der Waals surface area contributed by atoms with E-state index >= 15 is 0 Å². The Morgan fingerprint density at radius 2 is 1.77 bits per heavy atom. The molecule has 1 aliphatic rings. The third kappa shape index (κ3) is 2.38. The van der Waals surface area contributed by atoms with Crippen molar-refractivity contribution >= 4 is 17.8 Å². The molecule has 2 N–H and O–H groups in total. The first kappa shape index (κ1) is 15.8. The largest absolute Gasteiger partial charge is 0.440 e. The van der Waals surface area contributed by atoms with Gasteiger partial charge in [-0.3, -0.25) is 19.8 Å². The van der Waals surface area contributed by atoms with Gasteiger partial charge in [0, 0.05) is 12.6 Å². The van der Waals surface area contributed by atoms with Crippen molar-refractivity contribution in [3.63, 3.8) is 0 Å². The van der Waals surface area contributed by atoms with Gasteiger partial charge in [0.1, 0.15) is 0 Å². The van der Waals surface area contributed by atoms with Crippen LogP contribution in [0.15, 0.2) is 24.3 Å². The number of nitrogens with zero attached hydrogens (tertiary/aromatic N) is 1. The predicted octanol–water partition coefficient (Wildman–Crippen LogP) is 1.17. The minimum Gasteiger partial charge on any atom is -0.314 e. The van der Waals surface area contributed by atoms with Gasteiger partial charge in [0.25, 0.3) is 17.5 Å². The number of urea groups is 1. The second-order valence-electron chi connectivity index (χ2n) is 4.86. The summed E-state index contributed by atoms with van der Waals surface area (Å²) in [7, 11) is 0.892. The Bertz CT molecular complexity index is 642. The van der Waals surface area contributed by atoms with Crippen LogP contribution in [0.5, 0.6) is 0 Å². The average molecular weight is 315 g/mol. The zero-order valence-electron chi connectivity index (χ0n) is 11.6. The summed E-state index contributed by atoms with van der Waals surface area (Å²) in [6, 6.07) is 4.47. The molecule has 2 rings (SSSR count). The molecule has 0 saturated carbocycles. The third-order valence-electron chi connectivity index (χ3n) is 3.26. The number of aryl methyl sites for hydroxylation is 1. The molecule has 1 fully saturated rings. The molecule has 1 aromatic rings. The van der Waals surface area contributed by atoms with Gasteiger partial charge < -0.3 is 5.32 Å². The van der Waals surface area contributed by atoms with Crippen LogP contribution in [0.2, 0.25) is 0 Å². The van der Waals surface area contributed by atoms with E-state index in [2.05, 4.69) is 0 Å². The standard InChI is InChI=1S/C13H12F3N3O3/c1-7-3-5-8(6-4-7)9(20)17-12(13(14,15)16)10(21)19(2)11(22)18-12/h3-6H,1-2H3,(H,17,20)(H,18,22)/t12-/m0/s1. The van der Waals surface area contributed by atoms with Gasteiger partial charge in [-0.15, -0.1) is 0 Å². The molecule has 0 radical (unpaired) electrons. The minimum atomic E-state index is -5.19. The van der Waals surface area contributed by atoms with Crippen LogP contribution in [0.1, 0.15) is 15.9 Å². The summed E-state index contributed by atoms with van der Waals surface area (Å²) in [5.41, 5.74) is -2.71. The van der Waals surface area contributed by atoms with Gasteiger partial charge in [-0.2, -0.15) is 13.2 Å². The maximum atomic E-state index is 13.3. The molecule has 1 aliphatic heterocycles. The molecule has 1 saturated heterocycles. The normalized spacial score (nSPS) is 21.8. The van der Waals surface area contributed by atoms with Crippen LogP contribution in [-0.2, 0) is 4.79 Å². The van der Waals surface area contributed by atoms with Gasteiger partial charge in [-0.1, -0.05) is 17.7 Å². The zero-order valence-corrected chi connectivity index (χ0v) is 11.6. The first-order chi connectivity index (χ1) is 10.1. The molecule has 4 amide bonds. The van der Waals surface area contributed by atoms with E-state index in [0.29, 0.717) is 0 Å². The molecular formula is C13H12F3N3O3. The van der Waals surface area contributed by atoms with E-state index in [9.17, 15) is 27.6 Å². The number of imide groups is 1. The second kappa shape index (κ2) is 5.00. The summed E-state index contributed by atoms with van der Waals surface area (Å²) < 4.78 is 39.8. The molecule has 22 heavy (non-hydrogen) atoms. The smallest absolute Gasteiger partial charge is 0.314 e. The SMILES string of the molecule is Cc1ccc(C(=O)N[C@]2(C(F)(F)F)NC(=O)N(C)C2=O)cc1. The number of hydrogen-bond acceptors (Lipinski definition) is 3. The molecule has 0 aromatic heterocycles. The van der Waals surface area contributed by atoms with Crippen molar-refractivity contribution < 1.29 is 27.6 Å². The number of carbonyl (C=O) groups excluding carboxylic acids is 3. The van der Waals surface area contributed by atoms with Crippen LogP contribution in [-0.4, -0.2) is 41.6 Å². The van der Waals surface area contributed by atoms with E-state index < -0.39 is 29.7 Å². The number of hydrogen-bond donors (Lipinski definition) is 2. The highest BCUT2D eigenvalue weighted by Crippen LogP contribution is 2.33. The Labute approximate surface area is 123 Å². The van der Waals surface area contributed by atoms with Gasteiger partial charge in [-0.25, -0.2) is 4.79 Å². The molecule has 1 aromatic carbocycles. The molecule has 118 valence electrons. The van der Waals surface area contributed by atoms with E-state index in [-0.39, 0.29) is 10.5 Å². The number of nitrogens with one attached hydrogen (secondary N) is 2. The summed E-state index contributed by atoms with van der Waals surface area (Å²) in [5, 5.41) is 3.09. The van der Waals surface area contributed by atoms with Crippen LogP contribution in [0, 0.1) is 6.92 Å². The Kier molecular flexibility index (Phi) is 3.59. The Morgan fingerprint density at radius 3 is 2.18 bits per heavy atom.